The first-order valence-corrected chi connectivity index (χ1v) is 9.77. The van der Waals surface area contributed by atoms with Gasteiger partial charge in [-0.3, -0.25) is 0 Å². The molecule has 2 aromatic rings. The largest absolute Gasteiger partial charge is 0.381 e. The summed E-state index contributed by atoms with van der Waals surface area (Å²) in [7, 11) is 1.85. The van der Waals surface area contributed by atoms with Gasteiger partial charge >= 0.3 is 6.03 Å². The van der Waals surface area contributed by atoms with Crippen molar-refractivity contribution in [2.45, 2.75) is 45.8 Å². The topological polar surface area (TPSA) is 75.5 Å². The van der Waals surface area contributed by atoms with Crippen molar-refractivity contribution in [3.8, 4) is 0 Å². The molecule has 4 heterocycles. The third-order valence-corrected chi connectivity index (χ3v) is 5.61. The highest BCUT2D eigenvalue weighted by Crippen LogP contribution is 2.32. The summed E-state index contributed by atoms with van der Waals surface area (Å²) < 4.78 is 7.43. The lowest BCUT2D eigenvalue weighted by atomic mass is 10.0. The number of carbonyl (C=O) groups is 1. The first-order valence-electron chi connectivity index (χ1n) is 9.77. The molecule has 27 heavy (non-hydrogen) atoms. The Bertz CT molecular complexity index is 842. The van der Waals surface area contributed by atoms with Gasteiger partial charge in [-0.2, -0.15) is 5.10 Å². The lowest BCUT2D eigenvalue weighted by Gasteiger charge is -2.27. The number of urea groups is 1. The summed E-state index contributed by atoms with van der Waals surface area (Å²) in [4.78, 5) is 20.9. The van der Waals surface area contributed by atoms with E-state index in [0.29, 0.717) is 12.6 Å². The molecule has 0 bridgehead atoms. The van der Waals surface area contributed by atoms with Crippen LogP contribution in [0.15, 0.2) is 6.20 Å². The Morgan fingerprint density at radius 1 is 1.30 bits per heavy atom. The van der Waals surface area contributed by atoms with E-state index in [4.69, 9.17) is 9.72 Å². The third-order valence-electron chi connectivity index (χ3n) is 5.61. The van der Waals surface area contributed by atoms with Crippen molar-refractivity contribution in [2.24, 2.45) is 0 Å². The lowest BCUT2D eigenvalue weighted by molar-refractivity contribution is 0.0904. The van der Waals surface area contributed by atoms with Crippen molar-refractivity contribution in [3.63, 3.8) is 0 Å². The molecule has 0 aliphatic carbocycles. The van der Waals surface area contributed by atoms with Gasteiger partial charge in [0.25, 0.3) is 0 Å². The average molecular weight is 372 g/mol. The summed E-state index contributed by atoms with van der Waals surface area (Å²) >= 11 is 0. The number of anilines is 1. The Morgan fingerprint density at radius 2 is 2.07 bits per heavy atom. The second-order valence-electron chi connectivity index (χ2n) is 7.41. The minimum absolute atomic E-state index is 0.0794. The first kappa shape index (κ1) is 18.0. The molecule has 2 amide bonds. The number of nitrogens with zero attached hydrogens (tertiary/aromatic N) is 5. The van der Waals surface area contributed by atoms with Crippen LogP contribution in [0.1, 0.15) is 31.0 Å². The lowest BCUT2D eigenvalue weighted by Crippen LogP contribution is -2.31. The van der Waals surface area contributed by atoms with Crippen LogP contribution in [0.25, 0.3) is 11.0 Å². The monoisotopic (exact) mass is 372 g/mol. The summed E-state index contributed by atoms with van der Waals surface area (Å²) in [6, 6.07) is 0.445. The number of rotatable bonds is 5. The smallest absolute Gasteiger partial charge is 0.320 e. The number of hydrogen-bond acceptors (Lipinski definition) is 5. The predicted octanol–water partition coefficient (Wildman–Crippen LogP) is 2.22. The molecule has 0 aromatic carbocycles. The van der Waals surface area contributed by atoms with Gasteiger partial charge in [0.1, 0.15) is 0 Å². The van der Waals surface area contributed by atoms with Gasteiger partial charge in [-0.15, -0.1) is 0 Å². The van der Waals surface area contributed by atoms with E-state index in [1.54, 1.807) is 4.90 Å². The minimum Gasteiger partial charge on any atom is -0.381 e. The molecule has 2 aliphatic heterocycles. The molecule has 0 radical (unpaired) electrons. The standard InChI is InChI=1S/C19H28N6O2/c1-4-25-18-15(11-20-25)17(22-14-5-9-27-10-6-14)16(13(2)21-18)12-24-8-7-23(3)19(24)26/h11,14H,4-10,12H2,1-3H3,(H,21,22). The molecule has 0 unspecified atom stereocenters. The number of aryl methyl sites for hydroxylation is 2. The molecular weight excluding hydrogens is 344 g/mol. The van der Waals surface area contributed by atoms with Crippen molar-refractivity contribution >= 4 is 22.8 Å². The van der Waals surface area contributed by atoms with Crippen LogP contribution in [0, 0.1) is 6.92 Å². The number of hydrogen-bond donors (Lipinski definition) is 1. The fourth-order valence-corrected chi connectivity index (χ4v) is 3.92. The van der Waals surface area contributed by atoms with Gasteiger partial charge in [0.15, 0.2) is 5.65 Å². The maximum Gasteiger partial charge on any atom is 0.320 e. The quantitative estimate of drug-likeness (QED) is 0.871. The average Bonchev–Trinajstić information content (AvgIpc) is 3.22. The molecule has 8 heteroatoms. The van der Waals surface area contributed by atoms with Crippen molar-refractivity contribution in [1.82, 2.24) is 24.6 Å². The number of amides is 2. The fraction of sp³-hybridized carbons (Fsp3) is 0.632. The Balaban J connectivity index is 1.74. The van der Waals surface area contributed by atoms with Crippen LogP contribution in [0.3, 0.4) is 0 Å². The van der Waals surface area contributed by atoms with Gasteiger partial charge in [-0.1, -0.05) is 0 Å². The van der Waals surface area contributed by atoms with Crippen LogP contribution in [0.2, 0.25) is 0 Å². The van der Waals surface area contributed by atoms with Crippen LogP contribution in [-0.2, 0) is 17.8 Å². The summed E-state index contributed by atoms with van der Waals surface area (Å²) in [6.07, 6.45) is 3.86. The summed E-state index contributed by atoms with van der Waals surface area (Å²) in [5.74, 6) is 0. The van der Waals surface area contributed by atoms with Gasteiger partial charge in [-0.05, 0) is 26.7 Å². The Hall–Kier alpha value is -2.35. The van der Waals surface area contributed by atoms with Gasteiger partial charge in [0, 0.05) is 57.2 Å². The number of ether oxygens (including phenoxy) is 1. The molecule has 2 aromatic heterocycles. The van der Waals surface area contributed by atoms with Crippen molar-refractivity contribution in [1.29, 1.82) is 0 Å². The minimum atomic E-state index is 0.0794. The third kappa shape index (κ3) is 3.34. The van der Waals surface area contributed by atoms with Crippen LogP contribution < -0.4 is 5.32 Å². The van der Waals surface area contributed by atoms with Crippen molar-refractivity contribution in [2.75, 3.05) is 38.7 Å². The van der Waals surface area contributed by atoms with E-state index < -0.39 is 0 Å². The number of carbonyl (C=O) groups excluding carboxylic acids is 1. The molecule has 146 valence electrons. The number of pyridine rings is 1. The van der Waals surface area contributed by atoms with Crippen molar-refractivity contribution in [3.05, 3.63) is 17.5 Å². The molecule has 2 saturated heterocycles. The van der Waals surface area contributed by atoms with E-state index in [9.17, 15) is 4.79 Å². The highest BCUT2D eigenvalue weighted by molar-refractivity contribution is 5.91. The molecule has 0 atom stereocenters. The summed E-state index contributed by atoms with van der Waals surface area (Å²) in [6.45, 7) is 8.53. The Labute approximate surface area is 159 Å². The number of nitrogens with one attached hydrogen (secondary N) is 1. The Morgan fingerprint density at radius 3 is 2.74 bits per heavy atom. The second-order valence-corrected chi connectivity index (χ2v) is 7.41. The molecule has 0 saturated carbocycles. The highest BCUT2D eigenvalue weighted by Gasteiger charge is 2.28. The second kappa shape index (κ2) is 7.34. The highest BCUT2D eigenvalue weighted by atomic mass is 16.5. The zero-order valence-corrected chi connectivity index (χ0v) is 16.4. The molecule has 2 fully saturated rings. The normalized spacial score (nSPS) is 18.7. The van der Waals surface area contributed by atoms with Gasteiger partial charge in [0.05, 0.1) is 23.8 Å². The number of aromatic nitrogens is 3. The molecule has 0 spiro atoms. The molecule has 1 N–H and O–H groups in total. The predicted molar refractivity (Wildman–Crippen MR) is 104 cm³/mol. The maximum atomic E-state index is 12.4. The van der Waals surface area contributed by atoms with E-state index in [-0.39, 0.29) is 6.03 Å². The molecule has 2 aliphatic rings. The van der Waals surface area contributed by atoms with Crippen LogP contribution >= 0.6 is 0 Å². The maximum absolute atomic E-state index is 12.4. The molecule has 8 nitrogen and oxygen atoms in total. The molecular formula is C19H28N6O2. The fourth-order valence-electron chi connectivity index (χ4n) is 3.92. The van der Waals surface area contributed by atoms with Crippen LogP contribution in [-0.4, -0.2) is 70.0 Å². The van der Waals surface area contributed by atoms with Gasteiger partial charge in [0.2, 0.25) is 0 Å². The van der Waals surface area contributed by atoms with E-state index >= 15 is 0 Å². The molecule has 4 rings (SSSR count). The van der Waals surface area contributed by atoms with E-state index in [2.05, 4.69) is 17.3 Å². The van der Waals surface area contributed by atoms with Crippen molar-refractivity contribution < 1.29 is 9.53 Å². The van der Waals surface area contributed by atoms with Crippen LogP contribution in [0.4, 0.5) is 10.5 Å². The van der Waals surface area contributed by atoms with Crippen LogP contribution in [0.5, 0.6) is 0 Å². The van der Waals surface area contributed by atoms with Gasteiger partial charge < -0.3 is 19.9 Å². The first-order chi connectivity index (χ1) is 13.1. The zero-order valence-electron chi connectivity index (χ0n) is 16.4. The summed E-state index contributed by atoms with van der Waals surface area (Å²) in [5.41, 5.74) is 4.02. The Kier molecular flexibility index (Phi) is 4.90. The van der Waals surface area contributed by atoms with E-state index in [1.807, 2.05) is 29.7 Å². The summed E-state index contributed by atoms with van der Waals surface area (Å²) in [5, 5.41) is 9.29. The SMILES string of the molecule is CCn1ncc2c(NC3CCOCC3)c(CN3CCN(C)C3=O)c(C)nc21. The van der Waals surface area contributed by atoms with Gasteiger partial charge in [-0.25, -0.2) is 14.5 Å². The van der Waals surface area contributed by atoms with E-state index in [1.165, 1.54) is 0 Å². The number of likely N-dealkylation sites (N-methyl/N-ethyl adjacent to an activating group) is 1. The zero-order chi connectivity index (χ0) is 19.0. The number of fused-ring (bicyclic) bond motifs is 1. The van der Waals surface area contributed by atoms with E-state index in [0.717, 1.165) is 73.7 Å².